The zero-order chi connectivity index (χ0) is 16.1. The number of hydrogen-bond acceptors (Lipinski definition) is 4. The molecular formula is C16H14F2O4. The first-order chi connectivity index (χ1) is 10.5. The third-order valence-corrected chi connectivity index (χ3v) is 2.81. The minimum Gasteiger partial charge on any atom is -0.493 e. The summed E-state index contributed by atoms with van der Waals surface area (Å²) >= 11 is 0. The van der Waals surface area contributed by atoms with Gasteiger partial charge in [-0.2, -0.15) is 8.78 Å². The minimum absolute atomic E-state index is 0.0963. The van der Waals surface area contributed by atoms with Crippen molar-refractivity contribution in [1.29, 1.82) is 0 Å². The number of aryl methyl sites for hydroxylation is 1. The van der Waals surface area contributed by atoms with Crippen LogP contribution in [0.2, 0.25) is 0 Å². The van der Waals surface area contributed by atoms with E-state index in [0.29, 0.717) is 11.3 Å². The second-order valence-electron chi connectivity index (χ2n) is 4.40. The Morgan fingerprint density at radius 2 is 2.00 bits per heavy atom. The van der Waals surface area contributed by atoms with Crippen LogP contribution in [-0.4, -0.2) is 19.5 Å². The fraction of sp³-hybridized carbons (Fsp3) is 0.188. The predicted molar refractivity (Wildman–Crippen MR) is 76.4 cm³/mol. The maximum Gasteiger partial charge on any atom is 0.387 e. The maximum absolute atomic E-state index is 12.3. The smallest absolute Gasteiger partial charge is 0.387 e. The number of methoxy groups -OCH3 is 1. The van der Waals surface area contributed by atoms with Crippen LogP contribution in [0.1, 0.15) is 21.9 Å². The molecule has 1 aromatic carbocycles. The molecule has 1 heterocycles. The molecule has 0 aliphatic rings. The highest BCUT2D eigenvalue weighted by molar-refractivity contribution is 6.04. The number of ether oxygens (including phenoxy) is 2. The first kappa shape index (κ1) is 15.8. The topological polar surface area (TPSA) is 48.7 Å². The van der Waals surface area contributed by atoms with E-state index in [1.54, 1.807) is 25.1 Å². The summed E-state index contributed by atoms with van der Waals surface area (Å²) in [5.41, 5.74) is 0.521. The quantitative estimate of drug-likeness (QED) is 0.595. The zero-order valence-corrected chi connectivity index (χ0v) is 12.0. The van der Waals surface area contributed by atoms with Gasteiger partial charge < -0.3 is 13.9 Å². The number of alkyl halides is 2. The van der Waals surface area contributed by atoms with E-state index in [1.165, 1.54) is 31.4 Å². The van der Waals surface area contributed by atoms with Crippen LogP contribution in [0.4, 0.5) is 8.78 Å². The molecule has 0 aliphatic heterocycles. The highest BCUT2D eigenvalue weighted by Crippen LogP contribution is 2.30. The molecule has 0 fully saturated rings. The summed E-state index contributed by atoms with van der Waals surface area (Å²) in [4.78, 5) is 11.9. The van der Waals surface area contributed by atoms with Crippen molar-refractivity contribution in [3.8, 4) is 11.5 Å². The van der Waals surface area contributed by atoms with Gasteiger partial charge in [0.2, 0.25) is 5.78 Å². The Morgan fingerprint density at radius 1 is 1.23 bits per heavy atom. The summed E-state index contributed by atoms with van der Waals surface area (Å²) < 4.78 is 39.2. The number of ketones is 1. The fourth-order valence-electron chi connectivity index (χ4n) is 1.81. The molecular weight excluding hydrogens is 294 g/mol. The number of halogens is 2. The van der Waals surface area contributed by atoms with Crippen molar-refractivity contribution in [2.24, 2.45) is 0 Å². The first-order valence-electron chi connectivity index (χ1n) is 6.41. The van der Waals surface area contributed by atoms with Gasteiger partial charge in [-0.3, -0.25) is 4.79 Å². The van der Waals surface area contributed by atoms with Gasteiger partial charge >= 0.3 is 6.61 Å². The molecule has 0 saturated carbocycles. The molecule has 0 bridgehead atoms. The molecule has 0 spiro atoms. The van der Waals surface area contributed by atoms with Gasteiger partial charge in [-0.25, -0.2) is 0 Å². The monoisotopic (exact) mass is 308 g/mol. The third-order valence-electron chi connectivity index (χ3n) is 2.81. The Kier molecular flexibility index (Phi) is 4.93. The van der Waals surface area contributed by atoms with Gasteiger partial charge in [0, 0.05) is 0 Å². The molecule has 0 radical (unpaired) electrons. The number of carbonyl (C=O) groups is 1. The average molecular weight is 308 g/mol. The third kappa shape index (κ3) is 3.94. The summed E-state index contributed by atoms with van der Waals surface area (Å²) in [5, 5.41) is 0. The lowest BCUT2D eigenvalue weighted by atomic mass is 10.1. The average Bonchev–Trinajstić information content (AvgIpc) is 2.91. The second-order valence-corrected chi connectivity index (χ2v) is 4.40. The van der Waals surface area contributed by atoms with Gasteiger partial charge in [-0.1, -0.05) is 12.1 Å². The van der Waals surface area contributed by atoms with Crippen LogP contribution in [0.3, 0.4) is 0 Å². The lowest BCUT2D eigenvalue weighted by molar-refractivity contribution is -0.0512. The summed E-state index contributed by atoms with van der Waals surface area (Å²) in [6, 6.07) is 7.72. The van der Waals surface area contributed by atoms with Crippen molar-refractivity contribution >= 4 is 11.9 Å². The zero-order valence-electron chi connectivity index (χ0n) is 12.0. The van der Waals surface area contributed by atoms with Gasteiger partial charge in [0.25, 0.3) is 0 Å². The number of allylic oxidation sites excluding steroid dienone is 1. The molecule has 0 N–H and O–H groups in total. The van der Waals surface area contributed by atoms with Crippen molar-refractivity contribution in [1.82, 2.24) is 0 Å². The Labute approximate surface area is 126 Å². The van der Waals surface area contributed by atoms with E-state index in [4.69, 9.17) is 9.15 Å². The lowest BCUT2D eigenvalue weighted by Crippen LogP contribution is -2.03. The van der Waals surface area contributed by atoms with Crippen molar-refractivity contribution in [3.63, 3.8) is 0 Å². The van der Waals surface area contributed by atoms with E-state index in [-0.39, 0.29) is 23.0 Å². The van der Waals surface area contributed by atoms with E-state index < -0.39 is 6.61 Å². The summed E-state index contributed by atoms with van der Waals surface area (Å²) in [6.07, 6.45) is 2.78. The van der Waals surface area contributed by atoms with Crippen molar-refractivity contribution < 1.29 is 27.5 Å². The molecule has 6 heteroatoms. The number of carbonyl (C=O) groups excluding carboxylic acids is 1. The van der Waals surface area contributed by atoms with Crippen LogP contribution in [-0.2, 0) is 0 Å². The summed E-state index contributed by atoms with van der Waals surface area (Å²) in [7, 11) is 1.35. The SMILES string of the molecule is COc1ccc(/C=C/C(=O)c2ccc(C)o2)cc1OC(F)F. The molecule has 4 nitrogen and oxygen atoms in total. The number of benzene rings is 1. The Hall–Kier alpha value is -2.63. The standard InChI is InChI=1S/C16H14F2O4/c1-10-3-7-13(21-10)12(19)6-4-11-5-8-14(20-2)15(9-11)22-16(17)18/h3-9,16H,1-2H3/b6-4+. The van der Waals surface area contributed by atoms with Crippen LogP contribution < -0.4 is 9.47 Å². The van der Waals surface area contributed by atoms with Gasteiger partial charge in [-0.05, 0) is 42.8 Å². The van der Waals surface area contributed by atoms with Crippen LogP contribution in [0.25, 0.3) is 6.08 Å². The Morgan fingerprint density at radius 3 is 2.59 bits per heavy atom. The van der Waals surface area contributed by atoms with E-state index in [1.807, 2.05) is 0 Å². The van der Waals surface area contributed by atoms with Crippen molar-refractivity contribution in [3.05, 3.63) is 53.5 Å². The molecule has 0 amide bonds. The lowest BCUT2D eigenvalue weighted by Gasteiger charge is -2.10. The fourth-order valence-corrected chi connectivity index (χ4v) is 1.81. The largest absolute Gasteiger partial charge is 0.493 e. The Balaban J connectivity index is 2.18. The van der Waals surface area contributed by atoms with Gasteiger partial charge in [0.15, 0.2) is 17.3 Å². The van der Waals surface area contributed by atoms with Crippen LogP contribution in [0, 0.1) is 6.92 Å². The van der Waals surface area contributed by atoms with Gasteiger partial charge in [0.1, 0.15) is 5.76 Å². The van der Waals surface area contributed by atoms with Crippen LogP contribution in [0.15, 0.2) is 40.8 Å². The van der Waals surface area contributed by atoms with E-state index in [9.17, 15) is 13.6 Å². The van der Waals surface area contributed by atoms with Crippen LogP contribution >= 0.6 is 0 Å². The first-order valence-corrected chi connectivity index (χ1v) is 6.41. The molecule has 0 saturated heterocycles. The molecule has 0 unspecified atom stereocenters. The van der Waals surface area contributed by atoms with E-state index in [2.05, 4.69) is 4.74 Å². The van der Waals surface area contributed by atoms with E-state index in [0.717, 1.165) is 0 Å². The molecule has 0 aliphatic carbocycles. The number of rotatable bonds is 6. The van der Waals surface area contributed by atoms with Crippen LogP contribution in [0.5, 0.6) is 11.5 Å². The molecule has 22 heavy (non-hydrogen) atoms. The summed E-state index contributed by atoms with van der Waals surface area (Å²) in [6.45, 7) is -1.22. The van der Waals surface area contributed by atoms with Gasteiger partial charge in [0.05, 0.1) is 7.11 Å². The molecule has 2 aromatic rings. The van der Waals surface area contributed by atoms with Crippen molar-refractivity contribution in [2.45, 2.75) is 13.5 Å². The number of hydrogen-bond donors (Lipinski definition) is 0. The molecule has 2 rings (SSSR count). The van der Waals surface area contributed by atoms with Gasteiger partial charge in [-0.15, -0.1) is 0 Å². The predicted octanol–water partition coefficient (Wildman–Crippen LogP) is 4.09. The second kappa shape index (κ2) is 6.89. The highest BCUT2D eigenvalue weighted by Gasteiger charge is 2.11. The normalized spacial score (nSPS) is 11.1. The molecule has 1 aromatic heterocycles. The summed E-state index contributed by atoms with van der Waals surface area (Å²) in [5.74, 6) is 0.617. The molecule has 0 atom stereocenters. The van der Waals surface area contributed by atoms with Crippen molar-refractivity contribution in [2.75, 3.05) is 7.11 Å². The minimum atomic E-state index is -2.96. The highest BCUT2D eigenvalue weighted by atomic mass is 19.3. The molecule has 116 valence electrons. The van der Waals surface area contributed by atoms with E-state index >= 15 is 0 Å². The maximum atomic E-state index is 12.3. The Bertz CT molecular complexity index is 689. The number of furan rings is 1.